The highest BCUT2D eigenvalue weighted by Crippen LogP contribution is 2.25. The second kappa shape index (κ2) is 9.63. The molecule has 0 atom stereocenters. The van der Waals surface area contributed by atoms with Crippen LogP contribution in [0, 0.1) is 0 Å². The Balaban J connectivity index is 2.08. The van der Waals surface area contributed by atoms with E-state index >= 15 is 0 Å². The standard InChI is InChI=1S/C21H25NO4/c1-22(2)12-13-26-18-7-5-6-16(14-18)8-11-20(23)19-10-9-17(24-3)15-21(19)25-4/h5-11,14-15H,12-13H2,1-4H3. The maximum atomic E-state index is 12.5. The number of allylic oxidation sites excluding steroid dienone is 1. The van der Waals surface area contributed by atoms with Gasteiger partial charge in [0.05, 0.1) is 19.8 Å². The Morgan fingerprint density at radius 1 is 1.04 bits per heavy atom. The second-order valence-corrected chi connectivity index (χ2v) is 5.99. The van der Waals surface area contributed by atoms with Crippen LogP contribution in [0.4, 0.5) is 0 Å². The average molecular weight is 355 g/mol. The van der Waals surface area contributed by atoms with Crippen molar-refractivity contribution in [3.05, 3.63) is 59.7 Å². The molecule has 0 saturated carbocycles. The first-order valence-electron chi connectivity index (χ1n) is 8.35. The Morgan fingerprint density at radius 3 is 2.54 bits per heavy atom. The van der Waals surface area contributed by atoms with E-state index in [1.54, 1.807) is 31.4 Å². The Kier molecular flexibility index (Phi) is 7.24. The molecule has 2 rings (SSSR count). The zero-order valence-electron chi connectivity index (χ0n) is 15.7. The highest BCUT2D eigenvalue weighted by atomic mass is 16.5. The summed E-state index contributed by atoms with van der Waals surface area (Å²) in [7, 11) is 7.11. The molecule has 0 aliphatic rings. The molecule has 0 N–H and O–H groups in total. The van der Waals surface area contributed by atoms with E-state index in [1.165, 1.54) is 13.2 Å². The third kappa shape index (κ3) is 5.63. The van der Waals surface area contributed by atoms with Crippen LogP contribution in [0.5, 0.6) is 17.2 Å². The first kappa shape index (κ1) is 19.5. The summed E-state index contributed by atoms with van der Waals surface area (Å²) < 4.78 is 16.2. The molecule has 0 amide bonds. The Hall–Kier alpha value is -2.79. The van der Waals surface area contributed by atoms with Crippen molar-refractivity contribution in [2.45, 2.75) is 0 Å². The summed E-state index contributed by atoms with van der Waals surface area (Å²) in [5.41, 5.74) is 1.39. The zero-order valence-corrected chi connectivity index (χ0v) is 15.7. The molecule has 0 aromatic heterocycles. The van der Waals surface area contributed by atoms with E-state index in [1.807, 2.05) is 38.4 Å². The summed E-state index contributed by atoms with van der Waals surface area (Å²) in [4.78, 5) is 14.5. The van der Waals surface area contributed by atoms with Crippen LogP contribution in [0.25, 0.3) is 6.08 Å². The SMILES string of the molecule is COc1ccc(C(=O)C=Cc2cccc(OCCN(C)C)c2)c(OC)c1. The second-order valence-electron chi connectivity index (χ2n) is 5.99. The number of carbonyl (C=O) groups excluding carboxylic acids is 1. The summed E-state index contributed by atoms with van der Waals surface area (Å²) in [6.45, 7) is 1.46. The van der Waals surface area contributed by atoms with Crippen molar-refractivity contribution in [3.63, 3.8) is 0 Å². The molecule has 0 saturated heterocycles. The summed E-state index contributed by atoms with van der Waals surface area (Å²) in [6.07, 6.45) is 3.30. The summed E-state index contributed by atoms with van der Waals surface area (Å²) in [6, 6.07) is 12.8. The van der Waals surface area contributed by atoms with Crippen LogP contribution < -0.4 is 14.2 Å². The number of ketones is 1. The third-order valence-corrected chi connectivity index (χ3v) is 3.77. The number of carbonyl (C=O) groups is 1. The Bertz CT molecular complexity index is 768. The molecule has 138 valence electrons. The van der Waals surface area contributed by atoms with E-state index in [0.29, 0.717) is 23.7 Å². The van der Waals surface area contributed by atoms with Crippen molar-refractivity contribution in [2.24, 2.45) is 0 Å². The van der Waals surface area contributed by atoms with E-state index in [2.05, 4.69) is 4.90 Å². The molecule has 26 heavy (non-hydrogen) atoms. The number of hydrogen-bond donors (Lipinski definition) is 0. The maximum absolute atomic E-state index is 12.5. The van der Waals surface area contributed by atoms with Gasteiger partial charge in [0, 0.05) is 12.6 Å². The van der Waals surface area contributed by atoms with E-state index in [0.717, 1.165) is 17.9 Å². The van der Waals surface area contributed by atoms with Crippen molar-refractivity contribution in [1.29, 1.82) is 0 Å². The summed E-state index contributed by atoms with van der Waals surface area (Å²) in [5.74, 6) is 1.77. The predicted octanol–water partition coefficient (Wildman–Crippen LogP) is 3.54. The van der Waals surface area contributed by atoms with Gasteiger partial charge in [-0.15, -0.1) is 0 Å². The van der Waals surface area contributed by atoms with Crippen molar-refractivity contribution in [3.8, 4) is 17.2 Å². The smallest absolute Gasteiger partial charge is 0.189 e. The lowest BCUT2D eigenvalue weighted by molar-refractivity contribution is 0.104. The first-order chi connectivity index (χ1) is 12.5. The lowest BCUT2D eigenvalue weighted by atomic mass is 10.1. The highest BCUT2D eigenvalue weighted by Gasteiger charge is 2.10. The number of hydrogen-bond acceptors (Lipinski definition) is 5. The normalized spacial score (nSPS) is 11.0. The average Bonchev–Trinajstić information content (AvgIpc) is 2.65. The summed E-state index contributed by atoms with van der Waals surface area (Å²) >= 11 is 0. The maximum Gasteiger partial charge on any atom is 0.189 e. The van der Waals surface area contributed by atoms with Gasteiger partial charge in [0.1, 0.15) is 23.9 Å². The number of methoxy groups -OCH3 is 2. The fourth-order valence-electron chi connectivity index (χ4n) is 2.32. The quantitative estimate of drug-likeness (QED) is 0.509. The van der Waals surface area contributed by atoms with Crippen LogP contribution in [0.2, 0.25) is 0 Å². The van der Waals surface area contributed by atoms with E-state index < -0.39 is 0 Å². The molecule has 5 nitrogen and oxygen atoms in total. The van der Waals surface area contributed by atoms with Gasteiger partial charge in [0.25, 0.3) is 0 Å². The van der Waals surface area contributed by atoms with Gasteiger partial charge in [-0.2, -0.15) is 0 Å². The number of nitrogens with zero attached hydrogens (tertiary/aromatic N) is 1. The molecule has 0 aliphatic carbocycles. The van der Waals surface area contributed by atoms with Crippen LogP contribution in [0.1, 0.15) is 15.9 Å². The van der Waals surface area contributed by atoms with Crippen LogP contribution >= 0.6 is 0 Å². The third-order valence-electron chi connectivity index (χ3n) is 3.77. The predicted molar refractivity (Wildman–Crippen MR) is 103 cm³/mol. The van der Waals surface area contributed by atoms with Gasteiger partial charge >= 0.3 is 0 Å². The molecule has 0 bridgehead atoms. The molecule has 2 aromatic rings. The van der Waals surface area contributed by atoms with Gasteiger partial charge in [-0.1, -0.05) is 18.2 Å². The van der Waals surface area contributed by atoms with Gasteiger partial charge in [0.15, 0.2) is 5.78 Å². The number of ether oxygens (including phenoxy) is 3. The molecule has 0 heterocycles. The molecule has 0 spiro atoms. The molecule has 5 heteroatoms. The molecule has 0 aliphatic heterocycles. The zero-order chi connectivity index (χ0) is 18.9. The Morgan fingerprint density at radius 2 is 1.85 bits per heavy atom. The van der Waals surface area contributed by atoms with Gasteiger partial charge in [-0.25, -0.2) is 0 Å². The summed E-state index contributed by atoms with van der Waals surface area (Å²) in [5, 5.41) is 0. The van der Waals surface area contributed by atoms with Crippen molar-refractivity contribution < 1.29 is 19.0 Å². The lowest BCUT2D eigenvalue weighted by Crippen LogP contribution is -2.19. The molecular formula is C21H25NO4. The van der Waals surface area contributed by atoms with Gasteiger partial charge < -0.3 is 19.1 Å². The highest BCUT2D eigenvalue weighted by molar-refractivity contribution is 6.08. The van der Waals surface area contributed by atoms with Crippen molar-refractivity contribution in [2.75, 3.05) is 41.5 Å². The van der Waals surface area contributed by atoms with Crippen molar-refractivity contribution in [1.82, 2.24) is 4.90 Å². The van der Waals surface area contributed by atoms with Gasteiger partial charge in [0.2, 0.25) is 0 Å². The van der Waals surface area contributed by atoms with Crippen LogP contribution in [-0.2, 0) is 0 Å². The fourth-order valence-corrected chi connectivity index (χ4v) is 2.32. The van der Waals surface area contributed by atoms with Crippen LogP contribution in [0.15, 0.2) is 48.5 Å². The van der Waals surface area contributed by atoms with Crippen molar-refractivity contribution >= 4 is 11.9 Å². The molecular weight excluding hydrogens is 330 g/mol. The minimum atomic E-state index is -0.136. The largest absolute Gasteiger partial charge is 0.497 e. The van der Waals surface area contributed by atoms with Gasteiger partial charge in [-0.3, -0.25) is 4.79 Å². The van der Waals surface area contributed by atoms with Crippen LogP contribution in [0.3, 0.4) is 0 Å². The lowest BCUT2D eigenvalue weighted by Gasteiger charge is -2.11. The molecule has 0 fully saturated rings. The first-order valence-corrected chi connectivity index (χ1v) is 8.35. The topological polar surface area (TPSA) is 48.0 Å². The van der Waals surface area contributed by atoms with E-state index in [9.17, 15) is 4.79 Å². The molecule has 0 radical (unpaired) electrons. The minimum Gasteiger partial charge on any atom is -0.497 e. The molecule has 2 aromatic carbocycles. The number of likely N-dealkylation sites (N-methyl/N-ethyl adjacent to an activating group) is 1. The van der Waals surface area contributed by atoms with Crippen LogP contribution in [-0.4, -0.2) is 52.1 Å². The molecule has 0 unspecified atom stereocenters. The van der Waals surface area contributed by atoms with E-state index in [-0.39, 0.29) is 5.78 Å². The van der Waals surface area contributed by atoms with E-state index in [4.69, 9.17) is 14.2 Å². The minimum absolute atomic E-state index is 0.136. The Labute approximate surface area is 154 Å². The monoisotopic (exact) mass is 355 g/mol. The number of rotatable bonds is 9. The fraction of sp³-hybridized carbons (Fsp3) is 0.286. The number of benzene rings is 2. The van der Waals surface area contributed by atoms with Gasteiger partial charge in [-0.05, 0) is 50.0 Å².